The van der Waals surface area contributed by atoms with E-state index in [4.69, 9.17) is 9.47 Å². The summed E-state index contributed by atoms with van der Waals surface area (Å²) in [5.41, 5.74) is 5.66. The third-order valence-corrected chi connectivity index (χ3v) is 10.7. The van der Waals surface area contributed by atoms with Crippen molar-refractivity contribution in [3.05, 3.63) is 94.4 Å². The number of esters is 1. The van der Waals surface area contributed by atoms with E-state index in [1.54, 1.807) is 24.8 Å². The number of ether oxygens (including phenoxy) is 2. The second kappa shape index (κ2) is 15.9. The van der Waals surface area contributed by atoms with E-state index in [2.05, 4.69) is 14.5 Å². The molecule has 1 aliphatic rings. The SMILES string of the molecule is CCOC(=O)CC(c1ccc(OC)c(CN2CC=C(O)OS2(=O)=O)c1)c1ccc2c(nnn2CCCCSc2ccccc2CO)c1C. The van der Waals surface area contributed by atoms with Gasteiger partial charge in [0.15, 0.2) is 0 Å². The van der Waals surface area contributed by atoms with Gasteiger partial charge in [-0.3, -0.25) is 4.79 Å². The highest BCUT2D eigenvalue weighted by atomic mass is 32.2. The fraction of sp³-hybridized carbons (Fsp3) is 0.382. The van der Waals surface area contributed by atoms with Gasteiger partial charge in [0.2, 0.25) is 0 Å². The van der Waals surface area contributed by atoms with Gasteiger partial charge < -0.3 is 23.9 Å². The van der Waals surface area contributed by atoms with Crippen LogP contribution in [0.15, 0.2) is 71.5 Å². The number of thioether (sulfide) groups is 1. The maximum Gasteiger partial charge on any atom is 0.388 e. The number of rotatable bonds is 15. The number of unbranched alkanes of at least 4 members (excludes halogenated alkanes) is 1. The smallest absolute Gasteiger partial charge is 0.388 e. The van der Waals surface area contributed by atoms with Gasteiger partial charge >= 0.3 is 16.3 Å². The Hall–Kier alpha value is -4.11. The van der Waals surface area contributed by atoms with Crippen LogP contribution in [0.3, 0.4) is 0 Å². The van der Waals surface area contributed by atoms with Gasteiger partial charge in [-0.05, 0) is 72.9 Å². The summed E-state index contributed by atoms with van der Waals surface area (Å²) in [5.74, 6) is -0.0741. The Bertz CT molecular complexity index is 1890. The summed E-state index contributed by atoms with van der Waals surface area (Å²) in [4.78, 5) is 14.0. The lowest BCUT2D eigenvalue weighted by Gasteiger charge is -2.25. The quantitative estimate of drug-likeness (QED) is 0.0937. The summed E-state index contributed by atoms with van der Waals surface area (Å²) in [6, 6.07) is 17.3. The molecule has 2 N–H and O–H groups in total. The van der Waals surface area contributed by atoms with Crippen LogP contribution in [0.5, 0.6) is 5.75 Å². The summed E-state index contributed by atoms with van der Waals surface area (Å²) in [6.07, 6.45) is 3.19. The first-order chi connectivity index (χ1) is 23.1. The Morgan fingerprint density at radius 2 is 1.94 bits per heavy atom. The van der Waals surface area contributed by atoms with E-state index in [0.717, 1.165) is 61.1 Å². The first-order valence-electron chi connectivity index (χ1n) is 15.7. The summed E-state index contributed by atoms with van der Waals surface area (Å²) in [7, 11) is -2.71. The molecule has 0 radical (unpaired) electrons. The van der Waals surface area contributed by atoms with Crippen molar-refractivity contribution in [2.45, 2.75) is 63.6 Å². The van der Waals surface area contributed by atoms with Gasteiger partial charge in [0.05, 0.1) is 32.3 Å². The highest BCUT2D eigenvalue weighted by Gasteiger charge is 2.30. The van der Waals surface area contributed by atoms with Crippen LogP contribution in [-0.2, 0) is 43.7 Å². The van der Waals surface area contributed by atoms with E-state index in [1.165, 1.54) is 13.2 Å². The maximum absolute atomic E-state index is 12.9. The van der Waals surface area contributed by atoms with Crippen molar-refractivity contribution >= 4 is 39.1 Å². The molecule has 0 fully saturated rings. The summed E-state index contributed by atoms with van der Waals surface area (Å²) in [6.45, 7) is 4.54. The Balaban J connectivity index is 1.38. The molecule has 1 aliphatic heterocycles. The minimum absolute atomic E-state index is 0.0258. The zero-order valence-corrected chi connectivity index (χ0v) is 28.8. The summed E-state index contributed by atoms with van der Waals surface area (Å²) >= 11 is 1.74. The third kappa shape index (κ3) is 8.12. The molecule has 3 aromatic carbocycles. The molecule has 1 atom stereocenters. The second-order valence-corrected chi connectivity index (χ2v) is 14.0. The van der Waals surface area contributed by atoms with Crippen molar-refractivity contribution in [3.63, 3.8) is 0 Å². The molecule has 0 saturated carbocycles. The molecule has 0 amide bonds. The zero-order chi connectivity index (χ0) is 34.3. The van der Waals surface area contributed by atoms with Crippen molar-refractivity contribution in [3.8, 4) is 5.75 Å². The van der Waals surface area contributed by atoms with Crippen LogP contribution in [0.2, 0.25) is 0 Å². The second-order valence-electron chi connectivity index (χ2n) is 11.3. The first kappa shape index (κ1) is 35.2. The van der Waals surface area contributed by atoms with Gasteiger partial charge in [-0.2, -0.15) is 12.7 Å². The van der Waals surface area contributed by atoms with Crippen LogP contribution < -0.4 is 4.74 Å². The lowest BCUT2D eigenvalue weighted by atomic mass is 9.84. The molecule has 0 saturated heterocycles. The number of aryl methyl sites for hydroxylation is 2. The average molecular weight is 697 g/mol. The number of carbonyl (C=O) groups is 1. The number of fused-ring (bicyclic) bond motifs is 1. The van der Waals surface area contributed by atoms with Crippen LogP contribution in [-0.4, -0.2) is 69.9 Å². The van der Waals surface area contributed by atoms with E-state index in [-0.39, 0.29) is 38.7 Å². The minimum Gasteiger partial charge on any atom is -0.496 e. The van der Waals surface area contributed by atoms with E-state index in [9.17, 15) is 23.4 Å². The van der Waals surface area contributed by atoms with Crippen LogP contribution in [0.4, 0.5) is 0 Å². The number of methoxy groups -OCH3 is 1. The van der Waals surface area contributed by atoms with E-state index in [0.29, 0.717) is 17.9 Å². The Labute approximate surface area is 284 Å². The van der Waals surface area contributed by atoms with E-state index < -0.39 is 22.2 Å². The van der Waals surface area contributed by atoms with Gasteiger partial charge in [0.25, 0.3) is 5.95 Å². The van der Waals surface area contributed by atoms with Gasteiger partial charge in [0.1, 0.15) is 11.3 Å². The molecule has 0 aliphatic carbocycles. The van der Waals surface area contributed by atoms with Crippen LogP contribution >= 0.6 is 11.8 Å². The lowest BCUT2D eigenvalue weighted by molar-refractivity contribution is -0.143. The number of nitrogens with zero attached hydrogens (tertiary/aromatic N) is 4. The predicted molar refractivity (Wildman–Crippen MR) is 182 cm³/mol. The molecule has 0 spiro atoms. The Morgan fingerprint density at radius 1 is 1.12 bits per heavy atom. The molecule has 1 unspecified atom stereocenters. The predicted octanol–water partition coefficient (Wildman–Crippen LogP) is 5.37. The monoisotopic (exact) mass is 696 g/mol. The van der Waals surface area contributed by atoms with Gasteiger partial charge in [0, 0.05) is 42.1 Å². The number of aromatic nitrogens is 3. The molecule has 12 nitrogen and oxygen atoms in total. The number of benzene rings is 3. The normalized spacial score (nSPS) is 15.1. The summed E-state index contributed by atoms with van der Waals surface area (Å²) < 4.78 is 43.7. The molecule has 1 aromatic heterocycles. The molecular weight excluding hydrogens is 657 g/mol. The van der Waals surface area contributed by atoms with Crippen molar-refractivity contribution in [2.75, 3.05) is 26.0 Å². The van der Waals surface area contributed by atoms with Crippen LogP contribution in [0.1, 0.15) is 59.9 Å². The van der Waals surface area contributed by atoms with Crippen molar-refractivity contribution < 1.29 is 37.1 Å². The van der Waals surface area contributed by atoms with Gasteiger partial charge in [-0.1, -0.05) is 41.6 Å². The highest BCUT2D eigenvalue weighted by Crippen LogP contribution is 2.36. The van der Waals surface area contributed by atoms with Crippen LogP contribution in [0.25, 0.3) is 11.0 Å². The largest absolute Gasteiger partial charge is 0.496 e. The first-order valence-corrected chi connectivity index (χ1v) is 18.1. The van der Waals surface area contributed by atoms with Gasteiger partial charge in [-0.15, -0.1) is 16.9 Å². The maximum atomic E-state index is 12.9. The highest BCUT2D eigenvalue weighted by molar-refractivity contribution is 7.99. The Morgan fingerprint density at radius 3 is 2.69 bits per heavy atom. The standard InChI is InChI=1S/C34H40N4O8S2/c1-4-45-33(41)20-28(24-11-14-30(44-3)26(19-24)21-37-17-15-32(40)46-48(37,42)43)27-12-13-29-34(23(27)2)35-36-38(29)16-7-8-18-47-31-10-6-5-9-25(31)22-39/h5-6,9-15,19,28,39-40H,4,7-8,16-18,20-22H2,1-3H3. The van der Waals surface area contributed by atoms with Crippen molar-refractivity contribution in [1.82, 2.24) is 19.3 Å². The van der Waals surface area contributed by atoms with Crippen LogP contribution in [0, 0.1) is 6.92 Å². The summed E-state index contributed by atoms with van der Waals surface area (Å²) in [5, 5.41) is 28.1. The van der Waals surface area contributed by atoms with Crippen molar-refractivity contribution in [1.29, 1.82) is 0 Å². The molecular formula is C34H40N4O8S2. The molecule has 14 heteroatoms. The molecule has 2 heterocycles. The zero-order valence-electron chi connectivity index (χ0n) is 27.2. The number of aliphatic hydroxyl groups is 2. The van der Waals surface area contributed by atoms with Gasteiger partial charge in [-0.25, -0.2) is 4.68 Å². The molecule has 256 valence electrons. The fourth-order valence-electron chi connectivity index (χ4n) is 5.78. The van der Waals surface area contributed by atoms with Crippen molar-refractivity contribution in [2.24, 2.45) is 0 Å². The average Bonchev–Trinajstić information content (AvgIpc) is 3.49. The molecule has 5 rings (SSSR count). The number of hydrogen-bond acceptors (Lipinski definition) is 11. The molecule has 4 aromatic rings. The topological polar surface area (TPSA) is 153 Å². The van der Waals surface area contributed by atoms with E-state index >= 15 is 0 Å². The van der Waals surface area contributed by atoms with E-state index in [1.807, 2.05) is 60.1 Å². The molecule has 48 heavy (non-hydrogen) atoms. The fourth-order valence-corrected chi connectivity index (χ4v) is 7.78. The number of aliphatic hydroxyl groups excluding tert-OH is 2. The third-order valence-electron chi connectivity index (χ3n) is 8.23. The number of hydrogen-bond donors (Lipinski definition) is 2. The minimum atomic E-state index is -4.20. The molecule has 0 bridgehead atoms. The lowest BCUT2D eigenvalue weighted by Crippen LogP contribution is -2.35. The number of carbonyl (C=O) groups excluding carboxylic acids is 1. The Kier molecular flexibility index (Phi) is 11.6.